The van der Waals surface area contributed by atoms with Crippen LogP contribution >= 0.6 is 0 Å². The maximum atomic E-state index is 11.5. The SMILES string of the molecule is CCN(CC)C[C@@H]1COCCC1=O. The maximum absolute atomic E-state index is 11.5. The number of carbonyl (C=O) groups excluding carboxylic acids is 1. The molecule has 0 saturated carbocycles. The van der Waals surface area contributed by atoms with Crippen LogP contribution in [-0.2, 0) is 9.53 Å². The Morgan fingerprint density at radius 1 is 1.46 bits per heavy atom. The predicted molar refractivity (Wildman–Crippen MR) is 51.7 cm³/mol. The average Bonchev–Trinajstić information content (AvgIpc) is 2.17. The number of hydrogen-bond donors (Lipinski definition) is 0. The second kappa shape index (κ2) is 5.35. The van der Waals surface area contributed by atoms with Crippen LogP contribution in [0.3, 0.4) is 0 Å². The largest absolute Gasteiger partial charge is 0.380 e. The number of carbonyl (C=O) groups is 1. The molecule has 1 rings (SSSR count). The molecule has 0 spiro atoms. The third-order valence-electron chi connectivity index (χ3n) is 2.64. The van der Waals surface area contributed by atoms with Crippen LogP contribution in [-0.4, -0.2) is 43.5 Å². The van der Waals surface area contributed by atoms with Gasteiger partial charge in [0, 0.05) is 13.0 Å². The maximum Gasteiger partial charge on any atom is 0.141 e. The van der Waals surface area contributed by atoms with Gasteiger partial charge in [0.1, 0.15) is 5.78 Å². The molecule has 1 atom stereocenters. The van der Waals surface area contributed by atoms with Crippen molar-refractivity contribution in [1.29, 1.82) is 0 Å². The fourth-order valence-electron chi connectivity index (χ4n) is 1.64. The summed E-state index contributed by atoms with van der Waals surface area (Å²) in [4.78, 5) is 13.7. The van der Waals surface area contributed by atoms with E-state index in [-0.39, 0.29) is 5.92 Å². The van der Waals surface area contributed by atoms with Gasteiger partial charge in [-0.25, -0.2) is 0 Å². The molecule has 0 bridgehead atoms. The van der Waals surface area contributed by atoms with Crippen LogP contribution in [0.2, 0.25) is 0 Å². The van der Waals surface area contributed by atoms with E-state index in [1.54, 1.807) is 0 Å². The molecular weight excluding hydrogens is 166 g/mol. The molecule has 0 aromatic carbocycles. The summed E-state index contributed by atoms with van der Waals surface area (Å²) in [6.45, 7) is 8.38. The summed E-state index contributed by atoms with van der Waals surface area (Å²) >= 11 is 0. The highest BCUT2D eigenvalue weighted by molar-refractivity contribution is 5.82. The van der Waals surface area contributed by atoms with E-state index < -0.39 is 0 Å². The molecule has 0 aromatic heterocycles. The molecule has 3 nitrogen and oxygen atoms in total. The van der Waals surface area contributed by atoms with Gasteiger partial charge in [0.15, 0.2) is 0 Å². The van der Waals surface area contributed by atoms with E-state index in [0.717, 1.165) is 19.6 Å². The first-order chi connectivity index (χ1) is 6.27. The minimum Gasteiger partial charge on any atom is -0.380 e. The van der Waals surface area contributed by atoms with Crippen molar-refractivity contribution in [3.63, 3.8) is 0 Å². The Balaban J connectivity index is 2.36. The second-order valence-corrected chi connectivity index (χ2v) is 3.47. The minimum absolute atomic E-state index is 0.119. The van der Waals surface area contributed by atoms with Gasteiger partial charge in [-0.05, 0) is 13.1 Å². The van der Waals surface area contributed by atoms with E-state index in [1.165, 1.54) is 0 Å². The van der Waals surface area contributed by atoms with Gasteiger partial charge in [-0.1, -0.05) is 13.8 Å². The van der Waals surface area contributed by atoms with Crippen LogP contribution in [0.4, 0.5) is 0 Å². The van der Waals surface area contributed by atoms with Crippen LogP contribution in [0.5, 0.6) is 0 Å². The first-order valence-electron chi connectivity index (χ1n) is 5.10. The number of nitrogens with zero attached hydrogens (tertiary/aromatic N) is 1. The van der Waals surface area contributed by atoms with Crippen molar-refractivity contribution in [1.82, 2.24) is 4.90 Å². The highest BCUT2D eigenvalue weighted by Crippen LogP contribution is 2.11. The van der Waals surface area contributed by atoms with Gasteiger partial charge in [0.25, 0.3) is 0 Å². The molecule has 1 aliphatic rings. The third kappa shape index (κ3) is 3.08. The highest BCUT2D eigenvalue weighted by Gasteiger charge is 2.23. The fourth-order valence-corrected chi connectivity index (χ4v) is 1.64. The monoisotopic (exact) mass is 185 g/mol. The van der Waals surface area contributed by atoms with Crippen molar-refractivity contribution in [2.75, 3.05) is 32.8 Å². The van der Waals surface area contributed by atoms with E-state index >= 15 is 0 Å². The summed E-state index contributed by atoms with van der Waals surface area (Å²) in [6, 6.07) is 0. The number of hydrogen-bond acceptors (Lipinski definition) is 3. The molecule has 0 unspecified atom stereocenters. The van der Waals surface area contributed by atoms with E-state index in [2.05, 4.69) is 18.7 Å². The first-order valence-corrected chi connectivity index (χ1v) is 5.10. The quantitative estimate of drug-likeness (QED) is 0.652. The molecular formula is C10H19NO2. The summed E-state index contributed by atoms with van der Waals surface area (Å²) in [5, 5.41) is 0. The van der Waals surface area contributed by atoms with Crippen molar-refractivity contribution in [3.05, 3.63) is 0 Å². The molecule has 0 N–H and O–H groups in total. The Morgan fingerprint density at radius 3 is 2.69 bits per heavy atom. The fraction of sp³-hybridized carbons (Fsp3) is 0.900. The van der Waals surface area contributed by atoms with Crippen LogP contribution in [0, 0.1) is 5.92 Å². The standard InChI is InChI=1S/C10H19NO2/c1-3-11(4-2)7-9-8-13-6-5-10(9)12/h9H,3-8H2,1-2H3/t9-/m1/s1. The number of ether oxygens (including phenoxy) is 1. The zero-order chi connectivity index (χ0) is 9.68. The van der Waals surface area contributed by atoms with Gasteiger partial charge < -0.3 is 9.64 Å². The summed E-state index contributed by atoms with van der Waals surface area (Å²) < 4.78 is 5.29. The topological polar surface area (TPSA) is 29.5 Å². The molecule has 1 aliphatic heterocycles. The molecule has 0 aromatic rings. The highest BCUT2D eigenvalue weighted by atomic mass is 16.5. The van der Waals surface area contributed by atoms with E-state index in [4.69, 9.17) is 4.74 Å². The second-order valence-electron chi connectivity index (χ2n) is 3.47. The molecule has 1 fully saturated rings. The molecule has 1 saturated heterocycles. The molecule has 0 radical (unpaired) electrons. The van der Waals surface area contributed by atoms with Crippen molar-refractivity contribution in [2.24, 2.45) is 5.92 Å². The van der Waals surface area contributed by atoms with Crippen LogP contribution < -0.4 is 0 Å². The Hall–Kier alpha value is -0.410. The van der Waals surface area contributed by atoms with Crippen molar-refractivity contribution in [2.45, 2.75) is 20.3 Å². The zero-order valence-corrected chi connectivity index (χ0v) is 8.58. The lowest BCUT2D eigenvalue weighted by Gasteiger charge is -2.26. The third-order valence-corrected chi connectivity index (χ3v) is 2.64. The number of rotatable bonds is 4. The summed E-state index contributed by atoms with van der Waals surface area (Å²) in [7, 11) is 0. The van der Waals surface area contributed by atoms with Crippen molar-refractivity contribution in [3.8, 4) is 0 Å². The van der Waals surface area contributed by atoms with Crippen molar-refractivity contribution < 1.29 is 9.53 Å². The van der Waals surface area contributed by atoms with Gasteiger partial charge in [0.2, 0.25) is 0 Å². The van der Waals surface area contributed by atoms with Gasteiger partial charge in [-0.15, -0.1) is 0 Å². The summed E-state index contributed by atoms with van der Waals surface area (Å²) in [5.41, 5.74) is 0. The Bertz CT molecular complexity index is 166. The minimum atomic E-state index is 0.119. The molecule has 76 valence electrons. The van der Waals surface area contributed by atoms with E-state index in [1.807, 2.05) is 0 Å². The number of Topliss-reactive ketones (excluding diaryl/α,β-unsaturated/α-hetero) is 1. The summed E-state index contributed by atoms with van der Waals surface area (Å²) in [5.74, 6) is 0.492. The van der Waals surface area contributed by atoms with Crippen LogP contribution in [0.15, 0.2) is 0 Å². The lowest BCUT2D eigenvalue weighted by Crippen LogP contribution is -2.38. The normalized spacial score (nSPS) is 23.9. The average molecular weight is 185 g/mol. The Kier molecular flexibility index (Phi) is 4.39. The lowest BCUT2D eigenvalue weighted by molar-refractivity contribution is -0.131. The Labute approximate surface area is 80.1 Å². The zero-order valence-electron chi connectivity index (χ0n) is 8.58. The van der Waals surface area contributed by atoms with Gasteiger partial charge in [-0.3, -0.25) is 4.79 Å². The molecule has 13 heavy (non-hydrogen) atoms. The molecule has 1 heterocycles. The van der Waals surface area contributed by atoms with Crippen LogP contribution in [0.25, 0.3) is 0 Å². The predicted octanol–water partition coefficient (Wildman–Crippen LogP) is 0.934. The lowest BCUT2D eigenvalue weighted by atomic mass is 10.00. The van der Waals surface area contributed by atoms with Crippen molar-refractivity contribution >= 4 is 5.78 Å². The summed E-state index contributed by atoms with van der Waals surface area (Å²) in [6.07, 6.45) is 0.603. The van der Waals surface area contributed by atoms with Gasteiger partial charge in [-0.2, -0.15) is 0 Å². The molecule has 0 amide bonds. The molecule has 0 aliphatic carbocycles. The van der Waals surface area contributed by atoms with Crippen LogP contribution in [0.1, 0.15) is 20.3 Å². The van der Waals surface area contributed by atoms with Gasteiger partial charge in [0.05, 0.1) is 19.1 Å². The molecule has 3 heteroatoms. The Morgan fingerprint density at radius 2 is 2.15 bits per heavy atom. The van der Waals surface area contributed by atoms with E-state index in [9.17, 15) is 4.79 Å². The smallest absolute Gasteiger partial charge is 0.141 e. The van der Waals surface area contributed by atoms with Gasteiger partial charge >= 0.3 is 0 Å². The number of ketones is 1. The first kappa shape index (κ1) is 10.7. The van der Waals surface area contributed by atoms with E-state index in [0.29, 0.717) is 25.4 Å².